The number of benzene rings is 1. The first-order valence-corrected chi connectivity index (χ1v) is 10.7. The van der Waals surface area contributed by atoms with Crippen LogP contribution in [0, 0.1) is 13.8 Å². The number of anilines is 1. The van der Waals surface area contributed by atoms with Crippen molar-refractivity contribution in [1.29, 1.82) is 0 Å². The lowest BCUT2D eigenvalue weighted by Gasteiger charge is -2.17. The minimum atomic E-state index is -0.558. The summed E-state index contributed by atoms with van der Waals surface area (Å²) in [5.74, 6) is -0.135. The normalized spacial score (nSPS) is 12.9. The molecule has 9 heteroatoms. The van der Waals surface area contributed by atoms with Gasteiger partial charge in [-0.15, -0.1) is 21.5 Å². The Kier molecular flexibility index (Phi) is 4.74. The molecule has 31 heavy (non-hydrogen) atoms. The summed E-state index contributed by atoms with van der Waals surface area (Å²) in [6, 6.07) is 9.30. The zero-order chi connectivity index (χ0) is 21.5. The highest BCUT2D eigenvalue weighted by atomic mass is 32.1. The topological polar surface area (TPSA) is 89.7 Å². The second-order valence-corrected chi connectivity index (χ2v) is 8.42. The molecule has 0 fully saturated rings. The number of carbonyl (C=O) groups is 2. The van der Waals surface area contributed by atoms with Gasteiger partial charge in [0.2, 0.25) is 0 Å². The Morgan fingerprint density at radius 1 is 1.16 bits per heavy atom. The number of amides is 1. The van der Waals surface area contributed by atoms with Gasteiger partial charge < -0.3 is 9.64 Å². The van der Waals surface area contributed by atoms with Crippen molar-refractivity contribution in [3.8, 4) is 11.3 Å². The van der Waals surface area contributed by atoms with Crippen LogP contribution in [-0.4, -0.2) is 44.6 Å². The molecule has 0 aliphatic carbocycles. The van der Waals surface area contributed by atoms with Crippen LogP contribution in [0.2, 0.25) is 0 Å². The predicted octanol–water partition coefficient (Wildman–Crippen LogP) is 3.22. The van der Waals surface area contributed by atoms with Crippen LogP contribution in [0.5, 0.6) is 0 Å². The van der Waals surface area contributed by atoms with Gasteiger partial charge in [0.1, 0.15) is 5.82 Å². The van der Waals surface area contributed by atoms with Crippen LogP contribution in [0.25, 0.3) is 16.9 Å². The summed E-state index contributed by atoms with van der Waals surface area (Å²) in [7, 11) is 0. The van der Waals surface area contributed by atoms with Gasteiger partial charge in [-0.3, -0.25) is 9.20 Å². The molecule has 0 radical (unpaired) electrons. The summed E-state index contributed by atoms with van der Waals surface area (Å²) < 4.78 is 6.99. The van der Waals surface area contributed by atoms with E-state index in [0.29, 0.717) is 23.6 Å². The van der Waals surface area contributed by atoms with Crippen molar-refractivity contribution in [2.24, 2.45) is 0 Å². The molecule has 156 valence electrons. The van der Waals surface area contributed by atoms with Crippen molar-refractivity contribution in [2.45, 2.75) is 20.3 Å². The molecule has 5 rings (SSSR count). The third-order valence-corrected chi connectivity index (χ3v) is 6.10. The average molecular weight is 433 g/mol. The zero-order valence-corrected chi connectivity index (χ0v) is 17.8. The molecule has 1 aromatic carbocycles. The fourth-order valence-corrected chi connectivity index (χ4v) is 4.35. The Hall–Kier alpha value is -3.59. The number of fused-ring (bicyclic) bond motifs is 2. The van der Waals surface area contributed by atoms with E-state index in [-0.39, 0.29) is 12.5 Å². The van der Waals surface area contributed by atoms with Gasteiger partial charge in [-0.1, -0.05) is 6.07 Å². The summed E-state index contributed by atoms with van der Waals surface area (Å²) in [6.07, 6.45) is 2.37. The first kappa shape index (κ1) is 19.4. The summed E-state index contributed by atoms with van der Waals surface area (Å²) in [5, 5.41) is 11.0. The zero-order valence-electron chi connectivity index (χ0n) is 17.0. The molecule has 4 heterocycles. The van der Waals surface area contributed by atoms with Crippen molar-refractivity contribution >= 4 is 34.5 Å². The number of thiazole rings is 1. The van der Waals surface area contributed by atoms with Crippen LogP contribution in [0.15, 0.2) is 41.9 Å². The standard InChI is InChI=1S/C22H19N5O3S/c1-13-24-25-20-6-4-17(10-27(13)20)22(29)30-11-21(28)26-8-7-16-9-15(3-5-19(16)26)18-12-31-14(2)23-18/h3-6,9-10,12H,7-8,11H2,1-2H3. The second-order valence-electron chi connectivity index (χ2n) is 7.36. The lowest BCUT2D eigenvalue weighted by atomic mass is 10.1. The molecule has 3 aromatic heterocycles. The van der Waals surface area contributed by atoms with E-state index in [1.807, 2.05) is 24.4 Å². The lowest BCUT2D eigenvalue weighted by Crippen LogP contribution is -2.33. The highest BCUT2D eigenvalue weighted by molar-refractivity contribution is 7.09. The maximum atomic E-state index is 12.7. The Morgan fingerprint density at radius 2 is 2.03 bits per heavy atom. The largest absolute Gasteiger partial charge is 0.452 e. The maximum absolute atomic E-state index is 12.7. The molecule has 0 saturated carbocycles. The lowest BCUT2D eigenvalue weighted by molar-refractivity contribution is -0.121. The molecule has 0 unspecified atom stereocenters. The van der Waals surface area contributed by atoms with Gasteiger partial charge in [-0.05, 0) is 50.1 Å². The molecular weight excluding hydrogens is 414 g/mol. The highest BCUT2D eigenvalue weighted by Crippen LogP contribution is 2.32. The smallest absolute Gasteiger partial charge is 0.340 e. The Bertz CT molecular complexity index is 1330. The molecule has 0 atom stereocenters. The SMILES string of the molecule is Cc1nc(-c2ccc3c(c2)CCN3C(=O)COC(=O)c2ccc3nnc(C)n3c2)cs1. The van der Waals surface area contributed by atoms with Crippen LogP contribution >= 0.6 is 11.3 Å². The molecule has 0 N–H and O–H groups in total. The van der Waals surface area contributed by atoms with E-state index in [1.54, 1.807) is 45.9 Å². The average Bonchev–Trinajstić information content (AvgIpc) is 3.49. The summed E-state index contributed by atoms with van der Waals surface area (Å²) >= 11 is 1.61. The minimum Gasteiger partial charge on any atom is -0.452 e. The van der Waals surface area contributed by atoms with Gasteiger partial charge in [-0.25, -0.2) is 9.78 Å². The van der Waals surface area contributed by atoms with Crippen molar-refractivity contribution in [3.05, 3.63) is 63.9 Å². The van der Waals surface area contributed by atoms with Crippen LogP contribution < -0.4 is 4.90 Å². The fraction of sp³-hybridized carbons (Fsp3) is 0.227. The van der Waals surface area contributed by atoms with Crippen molar-refractivity contribution in [3.63, 3.8) is 0 Å². The second kappa shape index (κ2) is 7.59. The van der Waals surface area contributed by atoms with Gasteiger partial charge in [0, 0.05) is 29.4 Å². The van der Waals surface area contributed by atoms with Crippen LogP contribution in [0.3, 0.4) is 0 Å². The quantitative estimate of drug-likeness (QED) is 0.459. The molecule has 1 amide bonds. The molecule has 0 spiro atoms. The van der Waals surface area contributed by atoms with Crippen molar-refractivity contribution in [1.82, 2.24) is 19.6 Å². The molecule has 8 nitrogen and oxygen atoms in total. The third kappa shape index (κ3) is 3.57. The van der Waals surface area contributed by atoms with E-state index >= 15 is 0 Å². The van der Waals surface area contributed by atoms with Gasteiger partial charge in [0.05, 0.1) is 16.3 Å². The molecule has 4 aromatic rings. The number of nitrogens with zero attached hydrogens (tertiary/aromatic N) is 5. The van der Waals surface area contributed by atoms with Crippen molar-refractivity contribution in [2.75, 3.05) is 18.1 Å². The van der Waals surface area contributed by atoms with Gasteiger partial charge in [0.15, 0.2) is 12.3 Å². The summed E-state index contributed by atoms with van der Waals surface area (Å²) in [6.45, 7) is 4.03. The molecular formula is C22H19N5O3S. The number of esters is 1. The number of rotatable bonds is 4. The summed E-state index contributed by atoms with van der Waals surface area (Å²) in [4.78, 5) is 31.4. The van der Waals surface area contributed by atoms with E-state index in [9.17, 15) is 9.59 Å². The fourth-order valence-electron chi connectivity index (χ4n) is 3.73. The van der Waals surface area contributed by atoms with Gasteiger partial charge in [-0.2, -0.15) is 0 Å². The number of ether oxygens (including phenoxy) is 1. The van der Waals surface area contributed by atoms with E-state index in [4.69, 9.17) is 4.74 Å². The number of aromatic nitrogens is 4. The Labute approximate surface area is 182 Å². The monoisotopic (exact) mass is 433 g/mol. The maximum Gasteiger partial charge on any atom is 0.340 e. The van der Waals surface area contributed by atoms with Gasteiger partial charge >= 0.3 is 5.97 Å². The van der Waals surface area contributed by atoms with E-state index in [2.05, 4.69) is 21.2 Å². The van der Waals surface area contributed by atoms with Crippen LogP contribution in [0.4, 0.5) is 5.69 Å². The van der Waals surface area contributed by atoms with Crippen LogP contribution in [0.1, 0.15) is 26.8 Å². The molecule has 1 aliphatic heterocycles. The van der Waals surface area contributed by atoms with Gasteiger partial charge in [0.25, 0.3) is 5.91 Å². The minimum absolute atomic E-state index is 0.245. The number of pyridine rings is 1. The van der Waals surface area contributed by atoms with Crippen molar-refractivity contribution < 1.29 is 14.3 Å². The van der Waals surface area contributed by atoms with E-state index in [0.717, 1.165) is 33.9 Å². The number of carbonyl (C=O) groups excluding carboxylic acids is 2. The molecule has 0 saturated heterocycles. The summed E-state index contributed by atoms with van der Waals surface area (Å²) in [5.41, 5.74) is 4.93. The van der Waals surface area contributed by atoms with Crippen LogP contribution in [-0.2, 0) is 16.0 Å². The van der Waals surface area contributed by atoms with E-state index < -0.39 is 5.97 Å². The third-order valence-electron chi connectivity index (χ3n) is 5.33. The first-order valence-electron chi connectivity index (χ1n) is 9.84. The number of aryl methyl sites for hydroxylation is 2. The Morgan fingerprint density at radius 3 is 2.84 bits per heavy atom. The number of hydrogen-bond donors (Lipinski definition) is 0. The first-order chi connectivity index (χ1) is 15.0. The number of hydrogen-bond acceptors (Lipinski definition) is 7. The predicted molar refractivity (Wildman–Crippen MR) is 116 cm³/mol. The van der Waals surface area contributed by atoms with E-state index in [1.165, 1.54) is 0 Å². The molecule has 0 bridgehead atoms. The highest BCUT2D eigenvalue weighted by Gasteiger charge is 2.26. The Balaban J connectivity index is 1.27. The molecule has 1 aliphatic rings.